The Morgan fingerprint density at radius 3 is 2.89 bits per heavy atom. The maximum Gasteiger partial charge on any atom is 0.115 e. The molecule has 0 bridgehead atoms. The fourth-order valence-corrected chi connectivity index (χ4v) is 2.34. The van der Waals surface area contributed by atoms with Crippen molar-refractivity contribution in [3.63, 3.8) is 0 Å². The van der Waals surface area contributed by atoms with E-state index in [1.54, 1.807) is 12.1 Å². The van der Waals surface area contributed by atoms with E-state index in [4.69, 9.17) is 0 Å². The monoisotopic (exact) mass is 252 g/mol. The zero-order chi connectivity index (χ0) is 13.2. The van der Waals surface area contributed by atoms with Gasteiger partial charge in [0.1, 0.15) is 5.75 Å². The summed E-state index contributed by atoms with van der Waals surface area (Å²) < 4.78 is 0. The number of fused-ring (bicyclic) bond motifs is 1. The molecule has 3 N–H and O–H groups in total. The van der Waals surface area contributed by atoms with Crippen LogP contribution in [0.25, 0.3) is 10.9 Å². The van der Waals surface area contributed by atoms with Crippen molar-refractivity contribution in [3.8, 4) is 5.75 Å². The molecule has 96 valence electrons. The van der Waals surface area contributed by atoms with Gasteiger partial charge in [0.05, 0.1) is 0 Å². The Bertz CT molecular complexity index is 716. The first-order valence-electron chi connectivity index (χ1n) is 6.32. The van der Waals surface area contributed by atoms with Gasteiger partial charge in [-0.25, -0.2) is 0 Å². The number of phenolic OH excluding ortho intramolecular Hbond substituents is 1. The van der Waals surface area contributed by atoms with Gasteiger partial charge >= 0.3 is 0 Å². The molecule has 0 aliphatic rings. The van der Waals surface area contributed by atoms with Gasteiger partial charge in [0.2, 0.25) is 0 Å². The first-order chi connectivity index (χ1) is 9.24. The zero-order valence-corrected chi connectivity index (χ0v) is 10.8. The molecule has 3 nitrogen and oxygen atoms in total. The highest BCUT2D eigenvalue weighted by molar-refractivity contribution is 5.83. The summed E-state index contributed by atoms with van der Waals surface area (Å²) in [5, 5.41) is 14.1. The number of anilines is 1. The van der Waals surface area contributed by atoms with E-state index in [2.05, 4.69) is 34.6 Å². The maximum absolute atomic E-state index is 9.40. The third-order valence-electron chi connectivity index (χ3n) is 3.36. The van der Waals surface area contributed by atoms with Crippen LogP contribution in [-0.4, -0.2) is 10.1 Å². The molecule has 19 heavy (non-hydrogen) atoms. The number of aromatic nitrogens is 1. The average molecular weight is 252 g/mol. The second-order valence-corrected chi connectivity index (χ2v) is 4.71. The highest BCUT2D eigenvalue weighted by atomic mass is 16.3. The number of hydrogen-bond donors (Lipinski definition) is 3. The quantitative estimate of drug-likeness (QED) is 0.621. The second kappa shape index (κ2) is 4.69. The zero-order valence-electron chi connectivity index (χ0n) is 10.8. The summed E-state index contributed by atoms with van der Waals surface area (Å²) in [5.74, 6) is 0.302. The van der Waals surface area contributed by atoms with Gasteiger partial charge in [-0.2, -0.15) is 0 Å². The van der Waals surface area contributed by atoms with Crippen LogP contribution in [0.15, 0.2) is 48.7 Å². The molecule has 0 atom stereocenters. The molecular formula is C16H16N2O. The fourth-order valence-electron chi connectivity index (χ4n) is 2.34. The number of benzene rings is 2. The van der Waals surface area contributed by atoms with E-state index in [0.717, 1.165) is 23.3 Å². The maximum atomic E-state index is 9.40. The van der Waals surface area contributed by atoms with Gasteiger partial charge in [-0.1, -0.05) is 12.1 Å². The second-order valence-electron chi connectivity index (χ2n) is 4.71. The Labute approximate surface area is 111 Å². The Kier molecular flexibility index (Phi) is 2.88. The van der Waals surface area contributed by atoms with Gasteiger partial charge in [0.25, 0.3) is 0 Å². The smallest absolute Gasteiger partial charge is 0.115 e. The van der Waals surface area contributed by atoms with Crippen LogP contribution in [0.3, 0.4) is 0 Å². The van der Waals surface area contributed by atoms with Crippen molar-refractivity contribution in [2.24, 2.45) is 0 Å². The SMILES string of the molecule is Cc1cc(O)ccc1NCc1cccc2[nH]ccc12. The summed E-state index contributed by atoms with van der Waals surface area (Å²) >= 11 is 0. The van der Waals surface area contributed by atoms with Gasteiger partial charge in [0.15, 0.2) is 0 Å². The molecule has 0 radical (unpaired) electrons. The molecule has 0 fully saturated rings. The van der Waals surface area contributed by atoms with Crippen LogP contribution >= 0.6 is 0 Å². The number of nitrogens with one attached hydrogen (secondary N) is 2. The van der Waals surface area contributed by atoms with Crippen molar-refractivity contribution in [2.75, 3.05) is 5.32 Å². The van der Waals surface area contributed by atoms with Crippen LogP contribution in [-0.2, 0) is 6.54 Å². The molecule has 0 aliphatic heterocycles. The van der Waals surface area contributed by atoms with Gasteiger partial charge in [0, 0.05) is 29.3 Å². The van der Waals surface area contributed by atoms with E-state index in [0.29, 0.717) is 5.75 Å². The summed E-state index contributed by atoms with van der Waals surface area (Å²) in [4.78, 5) is 3.22. The van der Waals surface area contributed by atoms with Gasteiger partial charge in [-0.05, 0) is 48.4 Å². The van der Waals surface area contributed by atoms with E-state index in [1.807, 2.05) is 19.2 Å². The third-order valence-corrected chi connectivity index (χ3v) is 3.36. The lowest BCUT2D eigenvalue weighted by Gasteiger charge is -2.10. The van der Waals surface area contributed by atoms with E-state index >= 15 is 0 Å². The van der Waals surface area contributed by atoms with E-state index in [1.165, 1.54) is 10.9 Å². The highest BCUT2D eigenvalue weighted by Gasteiger charge is 2.03. The summed E-state index contributed by atoms with van der Waals surface area (Å²) in [6.45, 7) is 2.75. The molecule has 2 aromatic carbocycles. The van der Waals surface area contributed by atoms with Crippen LogP contribution in [0.1, 0.15) is 11.1 Å². The van der Waals surface area contributed by atoms with Crippen molar-refractivity contribution in [1.29, 1.82) is 0 Å². The Morgan fingerprint density at radius 1 is 1.16 bits per heavy atom. The van der Waals surface area contributed by atoms with Crippen LogP contribution in [0, 0.1) is 6.92 Å². The fraction of sp³-hybridized carbons (Fsp3) is 0.125. The number of aryl methyl sites for hydroxylation is 1. The molecule has 1 heterocycles. The lowest BCUT2D eigenvalue weighted by Crippen LogP contribution is -2.01. The third kappa shape index (κ3) is 2.27. The topological polar surface area (TPSA) is 48.0 Å². The lowest BCUT2D eigenvalue weighted by molar-refractivity contribution is 0.475. The number of phenols is 1. The average Bonchev–Trinajstić information content (AvgIpc) is 2.86. The highest BCUT2D eigenvalue weighted by Crippen LogP contribution is 2.22. The molecule has 0 amide bonds. The summed E-state index contributed by atoms with van der Waals surface area (Å²) in [5.41, 5.74) is 4.50. The lowest BCUT2D eigenvalue weighted by atomic mass is 10.1. The Balaban J connectivity index is 1.84. The van der Waals surface area contributed by atoms with E-state index in [9.17, 15) is 5.11 Å². The Morgan fingerprint density at radius 2 is 2.05 bits per heavy atom. The normalized spacial score (nSPS) is 10.8. The van der Waals surface area contributed by atoms with Crippen LogP contribution < -0.4 is 5.32 Å². The molecule has 0 aliphatic carbocycles. The minimum Gasteiger partial charge on any atom is -0.508 e. The van der Waals surface area contributed by atoms with Crippen LogP contribution in [0.2, 0.25) is 0 Å². The first-order valence-corrected chi connectivity index (χ1v) is 6.32. The van der Waals surface area contributed by atoms with Crippen molar-refractivity contribution < 1.29 is 5.11 Å². The van der Waals surface area contributed by atoms with Crippen molar-refractivity contribution in [2.45, 2.75) is 13.5 Å². The van der Waals surface area contributed by atoms with Gasteiger partial charge < -0.3 is 15.4 Å². The number of H-pyrrole nitrogens is 1. The molecule has 0 saturated heterocycles. The van der Waals surface area contributed by atoms with Crippen molar-refractivity contribution in [3.05, 3.63) is 59.8 Å². The molecule has 1 aromatic heterocycles. The minimum absolute atomic E-state index is 0.302. The molecule has 0 saturated carbocycles. The van der Waals surface area contributed by atoms with Crippen LogP contribution in [0.5, 0.6) is 5.75 Å². The van der Waals surface area contributed by atoms with Crippen molar-refractivity contribution in [1.82, 2.24) is 4.98 Å². The number of rotatable bonds is 3. The summed E-state index contributed by atoms with van der Waals surface area (Å²) in [6.07, 6.45) is 1.96. The van der Waals surface area contributed by atoms with Gasteiger partial charge in [-0.3, -0.25) is 0 Å². The molecule has 0 spiro atoms. The first kappa shape index (κ1) is 11.7. The summed E-state index contributed by atoms with van der Waals surface area (Å²) in [6, 6.07) is 13.7. The predicted octanol–water partition coefficient (Wildman–Crippen LogP) is 3.79. The van der Waals surface area contributed by atoms with Crippen LogP contribution in [0.4, 0.5) is 5.69 Å². The molecular weight excluding hydrogens is 236 g/mol. The van der Waals surface area contributed by atoms with Crippen molar-refractivity contribution >= 4 is 16.6 Å². The molecule has 0 unspecified atom stereocenters. The number of aromatic hydroxyl groups is 1. The number of hydrogen-bond acceptors (Lipinski definition) is 2. The molecule has 3 rings (SSSR count). The van der Waals surface area contributed by atoms with Gasteiger partial charge in [-0.15, -0.1) is 0 Å². The molecule has 3 heteroatoms. The largest absolute Gasteiger partial charge is 0.508 e. The van der Waals surface area contributed by atoms with E-state index in [-0.39, 0.29) is 0 Å². The standard InChI is InChI=1S/C16H16N2O/c1-11-9-13(19)5-6-15(11)18-10-12-3-2-4-16-14(12)7-8-17-16/h2-9,17-19H,10H2,1H3. The number of aromatic amines is 1. The predicted molar refractivity (Wildman–Crippen MR) is 78.5 cm³/mol. The Hall–Kier alpha value is -2.42. The molecule has 3 aromatic rings. The summed E-state index contributed by atoms with van der Waals surface area (Å²) in [7, 11) is 0. The van der Waals surface area contributed by atoms with E-state index < -0.39 is 0 Å². The minimum atomic E-state index is 0.302.